The van der Waals surface area contributed by atoms with E-state index >= 15 is 0 Å². The maximum Gasteiger partial charge on any atom is 0.404 e. The van der Waals surface area contributed by atoms with Crippen molar-refractivity contribution in [2.24, 2.45) is 17.8 Å². The van der Waals surface area contributed by atoms with Crippen LogP contribution in [0.25, 0.3) is 0 Å². The molecule has 0 heterocycles. The minimum Gasteiger partial charge on any atom is -0.481 e. The zero-order valence-corrected chi connectivity index (χ0v) is 7.64. The van der Waals surface area contributed by atoms with Crippen molar-refractivity contribution in [2.75, 3.05) is 0 Å². The van der Waals surface area contributed by atoms with E-state index in [0.717, 1.165) is 19.3 Å². The monoisotopic (exact) mass is 199 g/mol. The van der Waals surface area contributed by atoms with Crippen molar-refractivity contribution in [2.45, 2.75) is 25.3 Å². The standard InChI is InChI=1S/C9H13NO4/c11-8(12)6-4-1-2-5(3-4)7(6)10-9(13)14/h4-7,10H,1-3H2,(H,11,12)(H,13,14). The lowest BCUT2D eigenvalue weighted by atomic mass is 9.84. The van der Waals surface area contributed by atoms with Gasteiger partial charge in [0.2, 0.25) is 0 Å². The Morgan fingerprint density at radius 3 is 2.36 bits per heavy atom. The van der Waals surface area contributed by atoms with Gasteiger partial charge in [0.15, 0.2) is 0 Å². The third-order valence-corrected chi connectivity index (χ3v) is 3.49. The van der Waals surface area contributed by atoms with E-state index in [1.165, 1.54) is 0 Å². The van der Waals surface area contributed by atoms with Crippen LogP contribution in [0, 0.1) is 17.8 Å². The van der Waals surface area contributed by atoms with Gasteiger partial charge in [0.25, 0.3) is 0 Å². The molecule has 4 atom stereocenters. The molecule has 2 fully saturated rings. The van der Waals surface area contributed by atoms with Gasteiger partial charge < -0.3 is 15.5 Å². The summed E-state index contributed by atoms with van der Waals surface area (Å²) in [6, 6.07) is -0.372. The van der Waals surface area contributed by atoms with Crippen molar-refractivity contribution < 1.29 is 19.8 Å². The molecule has 1 amide bonds. The lowest BCUT2D eigenvalue weighted by molar-refractivity contribution is -0.144. The van der Waals surface area contributed by atoms with E-state index in [2.05, 4.69) is 5.32 Å². The van der Waals surface area contributed by atoms with Crippen LogP contribution in [0.3, 0.4) is 0 Å². The first kappa shape index (κ1) is 9.30. The van der Waals surface area contributed by atoms with Gasteiger partial charge in [-0.25, -0.2) is 4.79 Å². The third-order valence-electron chi connectivity index (χ3n) is 3.49. The predicted octanol–water partition coefficient (Wildman–Crippen LogP) is 0.753. The Hall–Kier alpha value is -1.26. The van der Waals surface area contributed by atoms with Crippen LogP contribution >= 0.6 is 0 Å². The van der Waals surface area contributed by atoms with Gasteiger partial charge in [-0.15, -0.1) is 0 Å². The Balaban J connectivity index is 2.13. The zero-order valence-electron chi connectivity index (χ0n) is 7.64. The Bertz CT molecular complexity index is 278. The van der Waals surface area contributed by atoms with Gasteiger partial charge in [0.1, 0.15) is 0 Å². The van der Waals surface area contributed by atoms with Crippen molar-refractivity contribution in [3.63, 3.8) is 0 Å². The number of hydrogen-bond acceptors (Lipinski definition) is 2. The summed E-state index contributed by atoms with van der Waals surface area (Å²) in [7, 11) is 0. The van der Waals surface area contributed by atoms with Crippen LogP contribution in [-0.2, 0) is 4.79 Å². The van der Waals surface area contributed by atoms with Gasteiger partial charge >= 0.3 is 12.1 Å². The molecule has 2 bridgehead atoms. The van der Waals surface area contributed by atoms with E-state index in [1.54, 1.807) is 0 Å². The number of carboxylic acid groups (broad SMARTS) is 2. The minimum atomic E-state index is -1.12. The highest BCUT2D eigenvalue weighted by Crippen LogP contribution is 2.48. The molecule has 5 heteroatoms. The van der Waals surface area contributed by atoms with Crippen molar-refractivity contribution in [1.29, 1.82) is 0 Å². The molecule has 0 aromatic heterocycles. The molecule has 2 aliphatic rings. The highest BCUT2D eigenvalue weighted by atomic mass is 16.4. The van der Waals surface area contributed by atoms with Crippen LogP contribution in [0.1, 0.15) is 19.3 Å². The Morgan fingerprint density at radius 1 is 1.14 bits per heavy atom. The number of nitrogens with one attached hydrogen (secondary N) is 1. The van der Waals surface area contributed by atoms with E-state index in [0.29, 0.717) is 0 Å². The molecule has 2 rings (SSSR count). The number of carboxylic acids is 1. The molecule has 0 aromatic rings. The number of aliphatic carboxylic acids is 1. The fourth-order valence-corrected chi connectivity index (χ4v) is 3.00. The summed E-state index contributed by atoms with van der Waals surface area (Å²) >= 11 is 0. The molecule has 2 saturated carbocycles. The molecule has 4 unspecified atom stereocenters. The van der Waals surface area contributed by atoms with E-state index in [-0.39, 0.29) is 17.9 Å². The summed E-state index contributed by atoms with van der Waals surface area (Å²) in [5.41, 5.74) is 0. The highest BCUT2D eigenvalue weighted by molar-refractivity contribution is 5.74. The second-order valence-corrected chi connectivity index (χ2v) is 4.17. The summed E-state index contributed by atoms with van der Waals surface area (Å²) in [6.07, 6.45) is 1.63. The van der Waals surface area contributed by atoms with Gasteiger partial charge in [0.05, 0.1) is 5.92 Å². The molecule has 78 valence electrons. The first-order valence-electron chi connectivity index (χ1n) is 4.82. The first-order chi connectivity index (χ1) is 6.59. The van der Waals surface area contributed by atoms with Crippen molar-refractivity contribution in [1.82, 2.24) is 5.32 Å². The lowest BCUT2D eigenvalue weighted by Crippen LogP contribution is -2.46. The van der Waals surface area contributed by atoms with Gasteiger partial charge in [0, 0.05) is 6.04 Å². The smallest absolute Gasteiger partial charge is 0.404 e. The summed E-state index contributed by atoms with van der Waals surface area (Å²) in [6.45, 7) is 0. The topological polar surface area (TPSA) is 86.6 Å². The SMILES string of the molecule is O=C(O)NC1C2CCC(C2)C1C(=O)O. The second kappa shape index (κ2) is 3.15. The summed E-state index contributed by atoms with van der Waals surface area (Å²) in [5, 5.41) is 19.9. The van der Waals surface area contributed by atoms with Crippen LogP contribution in [-0.4, -0.2) is 28.3 Å². The highest BCUT2D eigenvalue weighted by Gasteiger charge is 2.51. The molecule has 2 aliphatic carbocycles. The number of hydrogen-bond donors (Lipinski definition) is 3. The maximum atomic E-state index is 11.0. The molecule has 0 spiro atoms. The average molecular weight is 199 g/mol. The molecule has 5 nitrogen and oxygen atoms in total. The summed E-state index contributed by atoms with van der Waals surface area (Å²) in [4.78, 5) is 21.4. The molecule has 0 saturated heterocycles. The summed E-state index contributed by atoms with van der Waals surface area (Å²) < 4.78 is 0. The van der Waals surface area contributed by atoms with Crippen LogP contribution in [0.15, 0.2) is 0 Å². The number of fused-ring (bicyclic) bond motifs is 2. The quantitative estimate of drug-likeness (QED) is 0.612. The second-order valence-electron chi connectivity index (χ2n) is 4.17. The molecule has 0 aliphatic heterocycles. The predicted molar refractivity (Wildman–Crippen MR) is 46.9 cm³/mol. The van der Waals surface area contributed by atoms with Gasteiger partial charge in [-0.1, -0.05) is 0 Å². The Kier molecular flexibility index (Phi) is 2.09. The van der Waals surface area contributed by atoms with Crippen molar-refractivity contribution in [3.05, 3.63) is 0 Å². The van der Waals surface area contributed by atoms with E-state index in [4.69, 9.17) is 10.2 Å². The van der Waals surface area contributed by atoms with Crippen LogP contribution < -0.4 is 5.32 Å². The van der Waals surface area contributed by atoms with Crippen molar-refractivity contribution >= 4 is 12.1 Å². The van der Waals surface area contributed by atoms with Crippen molar-refractivity contribution in [3.8, 4) is 0 Å². The van der Waals surface area contributed by atoms with E-state index in [9.17, 15) is 9.59 Å². The maximum absolute atomic E-state index is 11.0. The minimum absolute atomic E-state index is 0.175. The third kappa shape index (κ3) is 1.32. The Labute approximate surface area is 81.1 Å². The molecular weight excluding hydrogens is 186 g/mol. The van der Waals surface area contributed by atoms with Gasteiger partial charge in [-0.2, -0.15) is 0 Å². The first-order valence-corrected chi connectivity index (χ1v) is 4.82. The number of carbonyl (C=O) groups is 2. The molecule has 3 N–H and O–H groups in total. The molecule has 14 heavy (non-hydrogen) atoms. The van der Waals surface area contributed by atoms with Crippen LogP contribution in [0.4, 0.5) is 4.79 Å². The van der Waals surface area contributed by atoms with Gasteiger partial charge in [-0.05, 0) is 31.1 Å². The number of amides is 1. The largest absolute Gasteiger partial charge is 0.481 e. The van der Waals surface area contributed by atoms with E-state index < -0.39 is 18.0 Å². The van der Waals surface area contributed by atoms with Crippen LogP contribution in [0.2, 0.25) is 0 Å². The summed E-state index contributed by atoms with van der Waals surface area (Å²) in [5.74, 6) is -0.965. The molecular formula is C9H13NO4. The number of rotatable bonds is 2. The normalized spacial score (nSPS) is 39.7. The molecule has 0 aromatic carbocycles. The fraction of sp³-hybridized carbons (Fsp3) is 0.778. The molecule has 0 radical (unpaired) electrons. The fourth-order valence-electron chi connectivity index (χ4n) is 3.00. The lowest BCUT2D eigenvalue weighted by Gasteiger charge is -2.27. The average Bonchev–Trinajstić information content (AvgIpc) is 2.61. The van der Waals surface area contributed by atoms with Gasteiger partial charge in [-0.3, -0.25) is 4.79 Å². The zero-order chi connectivity index (χ0) is 10.3. The Morgan fingerprint density at radius 2 is 1.79 bits per heavy atom. The van der Waals surface area contributed by atoms with Crippen LogP contribution in [0.5, 0.6) is 0 Å². The van der Waals surface area contributed by atoms with E-state index in [1.807, 2.05) is 0 Å².